The summed E-state index contributed by atoms with van der Waals surface area (Å²) in [6.45, 7) is 2.85. The summed E-state index contributed by atoms with van der Waals surface area (Å²) in [6.07, 6.45) is 0. The smallest absolute Gasteiger partial charge is 0.0931 e. The quantitative estimate of drug-likeness (QED) is 0.777. The van der Waals surface area contributed by atoms with Crippen molar-refractivity contribution in [3.05, 3.63) is 55.2 Å². The highest BCUT2D eigenvalue weighted by Gasteiger charge is 2.08. The van der Waals surface area contributed by atoms with Crippen molar-refractivity contribution in [2.75, 3.05) is 0 Å². The molecule has 96 valence electrons. The van der Waals surface area contributed by atoms with Crippen LogP contribution >= 0.6 is 46.1 Å². The molecule has 0 amide bonds. The number of rotatable bonds is 4. The van der Waals surface area contributed by atoms with E-state index in [0.717, 1.165) is 16.4 Å². The van der Waals surface area contributed by atoms with Crippen molar-refractivity contribution in [3.8, 4) is 0 Å². The predicted molar refractivity (Wildman–Crippen MR) is 81.0 cm³/mol. The molecule has 0 spiro atoms. The van der Waals surface area contributed by atoms with Crippen molar-refractivity contribution in [1.82, 2.24) is 5.32 Å². The third-order valence-corrected chi connectivity index (χ3v) is 4.77. The molecule has 0 aliphatic carbocycles. The SMILES string of the molecule is CC(NCc1ccc(Cl)c(Cl)c1)c1ccc(Cl)s1. The van der Waals surface area contributed by atoms with Gasteiger partial charge in [-0.2, -0.15) is 0 Å². The van der Waals surface area contributed by atoms with Crippen LogP contribution in [-0.2, 0) is 6.54 Å². The van der Waals surface area contributed by atoms with E-state index in [1.807, 2.05) is 30.3 Å². The van der Waals surface area contributed by atoms with E-state index in [4.69, 9.17) is 34.8 Å². The number of hydrogen-bond acceptors (Lipinski definition) is 2. The Hall–Kier alpha value is -0.250. The molecule has 1 heterocycles. The highest BCUT2D eigenvalue weighted by Crippen LogP contribution is 2.27. The van der Waals surface area contributed by atoms with Crippen LogP contribution in [0.3, 0.4) is 0 Å². The van der Waals surface area contributed by atoms with E-state index in [-0.39, 0.29) is 6.04 Å². The maximum Gasteiger partial charge on any atom is 0.0931 e. The first kappa shape index (κ1) is 14.2. The standard InChI is InChI=1S/C13H12Cl3NS/c1-8(12-4-5-13(16)18-12)17-7-9-2-3-10(14)11(15)6-9/h2-6,8,17H,7H2,1H3. The lowest BCUT2D eigenvalue weighted by Gasteiger charge is -2.12. The average molecular weight is 321 g/mol. The molecular formula is C13H12Cl3NS. The van der Waals surface area contributed by atoms with Crippen molar-refractivity contribution in [2.45, 2.75) is 19.5 Å². The molecule has 2 rings (SSSR count). The highest BCUT2D eigenvalue weighted by atomic mass is 35.5. The molecule has 2 aromatic rings. The lowest BCUT2D eigenvalue weighted by atomic mass is 10.2. The topological polar surface area (TPSA) is 12.0 Å². The van der Waals surface area contributed by atoms with Crippen molar-refractivity contribution in [2.24, 2.45) is 0 Å². The van der Waals surface area contributed by atoms with E-state index < -0.39 is 0 Å². The lowest BCUT2D eigenvalue weighted by molar-refractivity contribution is 0.583. The third kappa shape index (κ3) is 3.62. The van der Waals surface area contributed by atoms with Crippen LogP contribution in [0.15, 0.2) is 30.3 Å². The van der Waals surface area contributed by atoms with Gasteiger partial charge in [0.15, 0.2) is 0 Å². The molecule has 0 saturated heterocycles. The van der Waals surface area contributed by atoms with Gasteiger partial charge in [0.25, 0.3) is 0 Å². The molecule has 0 fully saturated rings. The average Bonchev–Trinajstić information content (AvgIpc) is 2.77. The summed E-state index contributed by atoms with van der Waals surface area (Å²) in [5.74, 6) is 0. The summed E-state index contributed by atoms with van der Waals surface area (Å²) in [4.78, 5) is 1.22. The molecular weight excluding hydrogens is 309 g/mol. The summed E-state index contributed by atoms with van der Waals surface area (Å²) in [5, 5.41) is 4.59. The molecule has 1 aromatic heterocycles. The summed E-state index contributed by atoms with van der Waals surface area (Å²) in [6, 6.07) is 9.88. The molecule has 0 saturated carbocycles. The molecule has 1 N–H and O–H groups in total. The molecule has 1 atom stereocenters. The maximum atomic E-state index is 5.97. The van der Waals surface area contributed by atoms with E-state index in [1.54, 1.807) is 11.3 Å². The molecule has 1 unspecified atom stereocenters. The van der Waals surface area contributed by atoms with Crippen LogP contribution in [0.25, 0.3) is 0 Å². The Morgan fingerprint density at radius 3 is 2.50 bits per heavy atom. The Labute approximate surface area is 126 Å². The molecule has 1 aromatic carbocycles. The summed E-state index contributed by atoms with van der Waals surface area (Å²) >= 11 is 19.4. The Morgan fingerprint density at radius 1 is 1.11 bits per heavy atom. The molecule has 0 aliphatic heterocycles. The van der Waals surface area contributed by atoms with Gasteiger partial charge in [0.2, 0.25) is 0 Å². The summed E-state index contributed by atoms with van der Waals surface area (Å²) in [7, 11) is 0. The fourth-order valence-electron chi connectivity index (χ4n) is 1.58. The van der Waals surface area contributed by atoms with Gasteiger partial charge in [0, 0.05) is 17.5 Å². The lowest BCUT2D eigenvalue weighted by Crippen LogP contribution is -2.17. The number of thiophene rings is 1. The van der Waals surface area contributed by atoms with E-state index in [2.05, 4.69) is 12.2 Å². The monoisotopic (exact) mass is 319 g/mol. The second kappa shape index (κ2) is 6.27. The molecule has 5 heteroatoms. The zero-order valence-corrected chi connectivity index (χ0v) is 12.8. The normalized spacial score (nSPS) is 12.7. The number of nitrogens with one attached hydrogen (secondary N) is 1. The maximum absolute atomic E-state index is 5.97. The van der Waals surface area contributed by atoms with Gasteiger partial charge in [-0.25, -0.2) is 0 Å². The van der Waals surface area contributed by atoms with Gasteiger partial charge in [-0.15, -0.1) is 11.3 Å². The fourth-order valence-corrected chi connectivity index (χ4v) is 2.99. The van der Waals surface area contributed by atoms with Crippen LogP contribution in [0.4, 0.5) is 0 Å². The first-order valence-corrected chi connectivity index (χ1v) is 7.44. The number of halogens is 3. The largest absolute Gasteiger partial charge is 0.305 e. The minimum Gasteiger partial charge on any atom is -0.305 e. The van der Waals surface area contributed by atoms with Crippen molar-refractivity contribution in [1.29, 1.82) is 0 Å². The Bertz CT molecular complexity index is 539. The third-order valence-electron chi connectivity index (χ3n) is 2.62. The molecule has 0 bridgehead atoms. The van der Waals surface area contributed by atoms with E-state index in [0.29, 0.717) is 10.0 Å². The Kier molecular flexibility index (Phi) is 4.93. The number of benzene rings is 1. The minimum absolute atomic E-state index is 0.261. The first-order valence-electron chi connectivity index (χ1n) is 5.49. The van der Waals surface area contributed by atoms with Crippen LogP contribution in [0.5, 0.6) is 0 Å². The van der Waals surface area contributed by atoms with E-state index in [1.165, 1.54) is 4.88 Å². The predicted octanol–water partition coefficient (Wildman–Crippen LogP) is 5.56. The van der Waals surface area contributed by atoms with Gasteiger partial charge >= 0.3 is 0 Å². The van der Waals surface area contributed by atoms with Crippen LogP contribution in [0, 0.1) is 0 Å². The van der Waals surface area contributed by atoms with Gasteiger partial charge in [0.05, 0.1) is 14.4 Å². The Balaban J connectivity index is 1.97. The van der Waals surface area contributed by atoms with Gasteiger partial charge in [-0.3, -0.25) is 0 Å². The summed E-state index contributed by atoms with van der Waals surface area (Å²) in [5.41, 5.74) is 1.11. The van der Waals surface area contributed by atoms with Gasteiger partial charge < -0.3 is 5.32 Å². The van der Waals surface area contributed by atoms with E-state index >= 15 is 0 Å². The van der Waals surface area contributed by atoms with Crippen LogP contribution in [0.2, 0.25) is 14.4 Å². The summed E-state index contributed by atoms with van der Waals surface area (Å²) < 4.78 is 0.813. The molecule has 0 radical (unpaired) electrons. The van der Waals surface area contributed by atoms with Crippen LogP contribution < -0.4 is 5.32 Å². The first-order chi connectivity index (χ1) is 8.56. The molecule has 0 aliphatic rings. The zero-order chi connectivity index (χ0) is 13.1. The van der Waals surface area contributed by atoms with Gasteiger partial charge in [0.1, 0.15) is 0 Å². The van der Waals surface area contributed by atoms with Crippen molar-refractivity contribution in [3.63, 3.8) is 0 Å². The van der Waals surface area contributed by atoms with Crippen LogP contribution in [0.1, 0.15) is 23.4 Å². The second-order valence-electron chi connectivity index (χ2n) is 3.99. The van der Waals surface area contributed by atoms with Crippen LogP contribution in [-0.4, -0.2) is 0 Å². The highest BCUT2D eigenvalue weighted by molar-refractivity contribution is 7.16. The Morgan fingerprint density at radius 2 is 1.89 bits per heavy atom. The molecule has 18 heavy (non-hydrogen) atoms. The minimum atomic E-state index is 0.261. The van der Waals surface area contributed by atoms with Crippen molar-refractivity contribution < 1.29 is 0 Å². The zero-order valence-electron chi connectivity index (χ0n) is 9.71. The second-order valence-corrected chi connectivity index (χ2v) is 6.55. The molecule has 1 nitrogen and oxygen atoms in total. The number of hydrogen-bond donors (Lipinski definition) is 1. The van der Waals surface area contributed by atoms with Gasteiger partial charge in [-0.1, -0.05) is 40.9 Å². The fraction of sp³-hybridized carbons (Fsp3) is 0.231. The van der Waals surface area contributed by atoms with Gasteiger partial charge in [-0.05, 0) is 36.8 Å². The van der Waals surface area contributed by atoms with Crippen molar-refractivity contribution >= 4 is 46.1 Å². The van der Waals surface area contributed by atoms with E-state index in [9.17, 15) is 0 Å².